The standard InChI is InChI=1S/C10H12IN3O/c11-14-6-9(7-14)13-10(15)12-8-4-2-1-3-5-8/h1-5,9H,6-7H2,(H2,12,13,15). The zero-order valence-electron chi connectivity index (χ0n) is 8.11. The molecule has 5 heteroatoms. The molecule has 0 aliphatic carbocycles. The summed E-state index contributed by atoms with van der Waals surface area (Å²) in [6.45, 7) is 1.84. The minimum atomic E-state index is -0.129. The first-order chi connectivity index (χ1) is 7.24. The number of hydrogen-bond donors (Lipinski definition) is 2. The molecule has 1 aromatic carbocycles. The van der Waals surface area contributed by atoms with Crippen molar-refractivity contribution in [2.45, 2.75) is 6.04 Å². The zero-order valence-corrected chi connectivity index (χ0v) is 10.3. The Kier molecular flexibility index (Phi) is 3.42. The lowest BCUT2D eigenvalue weighted by Gasteiger charge is -2.34. The van der Waals surface area contributed by atoms with E-state index in [1.165, 1.54) is 0 Å². The molecule has 1 aliphatic rings. The predicted molar refractivity (Wildman–Crippen MR) is 68.0 cm³/mol. The van der Waals surface area contributed by atoms with Gasteiger partial charge in [-0.3, -0.25) is 0 Å². The molecule has 0 radical (unpaired) electrons. The number of rotatable bonds is 2. The maximum Gasteiger partial charge on any atom is 0.319 e. The van der Waals surface area contributed by atoms with Crippen LogP contribution in [0.1, 0.15) is 0 Å². The number of para-hydroxylation sites is 1. The van der Waals surface area contributed by atoms with E-state index in [4.69, 9.17) is 0 Å². The Morgan fingerprint density at radius 2 is 2.00 bits per heavy atom. The Morgan fingerprint density at radius 3 is 2.60 bits per heavy atom. The average Bonchev–Trinajstić information content (AvgIpc) is 2.17. The molecule has 2 amide bonds. The highest BCUT2D eigenvalue weighted by Gasteiger charge is 2.25. The van der Waals surface area contributed by atoms with Gasteiger partial charge in [-0.2, -0.15) is 0 Å². The monoisotopic (exact) mass is 317 g/mol. The predicted octanol–water partition coefficient (Wildman–Crippen LogP) is 1.84. The molecule has 0 bridgehead atoms. The third-order valence-corrected chi connectivity index (χ3v) is 2.99. The van der Waals surface area contributed by atoms with Gasteiger partial charge >= 0.3 is 6.03 Å². The second-order valence-electron chi connectivity index (χ2n) is 3.49. The molecule has 0 aromatic heterocycles. The van der Waals surface area contributed by atoms with E-state index in [9.17, 15) is 4.79 Å². The van der Waals surface area contributed by atoms with Crippen LogP contribution in [0.3, 0.4) is 0 Å². The number of anilines is 1. The highest BCUT2D eigenvalue weighted by atomic mass is 127. The number of benzene rings is 1. The van der Waals surface area contributed by atoms with E-state index in [-0.39, 0.29) is 12.1 Å². The van der Waals surface area contributed by atoms with Crippen LogP contribution >= 0.6 is 22.9 Å². The van der Waals surface area contributed by atoms with E-state index in [1.807, 2.05) is 30.3 Å². The van der Waals surface area contributed by atoms with Crippen LogP contribution in [0.5, 0.6) is 0 Å². The van der Waals surface area contributed by atoms with Crippen LogP contribution in [-0.4, -0.2) is 28.3 Å². The molecule has 1 aromatic rings. The van der Waals surface area contributed by atoms with E-state index in [0.29, 0.717) is 0 Å². The summed E-state index contributed by atoms with van der Waals surface area (Å²) < 4.78 is 2.13. The Bertz CT molecular complexity index is 338. The maximum absolute atomic E-state index is 11.5. The van der Waals surface area contributed by atoms with Crippen LogP contribution in [0, 0.1) is 0 Å². The van der Waals surface area contributed by atoms with Crippen LogP contribution in [0.25, 0.3) is 0 Å². The number of carbonyl (C=O) groups is 1. The van der Waals surface area contributed by atoms with Gasteiger partial charge in [0.1, 0.15) is 0 Å². The Balaban J connectivity index is 1.78. The van der Waals surface area contributed by atoms with Gasteiger partial charge in [-0.05, 0) is 12.1 Å². The van der Waals surface area contributed by atoms with Crippen molar-refractivity contribution >= 4 is 34.6 Å². The number of urea groups is 1. The first kappa shape index (κ1) is 10.7. The average molecular weight is 317 g/mol. The summed E-state index contributed by atoms with van der Waals surface area (Å²) in [5.41, 5.74) is 0.820. The minimum Gasteiger partial charge on any atom is -0.332 e. The second kappa shape index (κ2) is 4.80. The van der Waals surface area contributed by atoms with E-state index in [2.05, 4.69) is 36.6 Å². The summed E-state index contributed by atoms with van der Waals surface area (Å²) in [5.74, 6) is 0. The number of carbonyl (C=O) groups excluding carboxylic acids is 1. The molecule has 80 valence electrons. The minimum absolute atomic E-state index is 0.129. The van der Waals surface area contributed by atoms with Crippen molar-refractivity contribution in [1.82, 2.24) is 8.43 Å². The summed E-state index contributed by atoms with van der Waals surface area (Å²) in [6.07, 6.45) is 0. The van der Waals surface area contributed by atoms with Crippen LogP contribution in [0.15, 0.2) is 30.3 Å². The normalized spacial score (nSPS) is 16.9. The molecule has 1 heterocycles. The SMILES string of the molecule is O=C(Nc1ccccc1)NC1CN(I)C1. The van der Waals surface area contributed by atoms with Gasteiger partial charge in [0.2, 0.25) is 0 Å². The lowest BCUT2D eigenvalue weighted by Crippen LogP contribution is -2.56. The molecule has 0 saturated carbocycles. The molecule has 0 atom stereocenters. The summed E-state index contributed by atoms with van der Waals surface area (Å²) in [7, 11) is 0. The first-order valence-electron chi connectivity index (χ1n) is 4.77. The molecule has 2 N–H and O–H groups in total. The van der Waals surface area contributed by atoms with Gasteiger partial charge in [-0.15, -0.1) is 0 Å². The third kappa shape index (κ3) is 3.07. The van der Waals surface area contributed by atoms with Crippen molar-refractivity contribution in [3.05, 3.63) is 30.3 Å². The van der Waals surface area contributed by atoms with Crippen LogP contribution < -0.4 is 10.6 Å². The lowest BCUT2D eigenvalue weighted by atomic mass is 10.2. The van der Waals surface area contributed by atoms with Crippen molar-refractivity contribution in [2.75, 3.05) is 18.4 Å². The highest BCUT2D eigenvalue weighted by molar-refractivity contribution is 14.1. The highest BCUT2D eigenvalue weighted by Crippen LogP contribution is 2.12. The van der Waals surface area contributed by atoms with Gasteiger partial charge in [0.15, 0.2) is 0 Å². The maximum atomic E-state index is 11.5. The van der Waals surface area contributed by atoms with Crippen molar-refractivity contribution in [2.24, 2.45) is 0 Å². The number of nitrogens with one attached hydrogen (secondary N) is 2. The van der Waals surface area contributed by atoms with Gasteiger partial charge in [-0.25, -0.2) is 7.91 Å². The topological polar surface area (TPSA) is 44.4 Å². The van der Waals surface area contributed by atoms with Crippen molar-refractivity contribution < 1.29 is 4.79 Å². The Labute approximate surface area is 103 Å². The molecular weight excluding hydrogens is 305 g/mol. The first-order valence-corrected chi connectivity index (χ1v) is 5.74. The fourth-order valence-electron chi connectivity index (χ4n) is 1.39. The fraction of sp³-hybridized carbons (Fsp3) is 0.300. The van der Waals surface area contributed by atoms with Crippen LogP contribution in [0.2, 0.25) is 0 Å². The Morgan fingerprint density at radius 1 is 1.33 bits per heavy atom. The van der Waals surface area contributed by atoms with E-state index in [1.54, 1.807) is 0 Å². The van der Waals surface area contributed by atoms with Crippen LogP contribution in [0.4, 0.5) is 10.5 Å². The second-order valence-corrected chi connectivity index (χ2v) is 4.85. The van der Waals surface area contributed by atoms with E-state index < -0.39 is 0 Å². The van der Waals surface area contributed by atoms with E-state index in [0.717, 1.165) is 18.8 Å². The lowest BCUT2D eigenvalue weighted by molar-refractivity contribution is 0.229. The molecule has 1 fully saturated rings. The quantitative estimate of drug-likeness (QED) is 0.646. The molecule has 0 unspecified atom stereocenters. The zero-order chi connectivity index (χ0) is 10.7. The van der Waals surface area contributed by atoms with Crippen LogP contribution in [-0.2, 0) is 0 Å². The molecule has 15 heavy (non-hydrogen) atoms. The molecule has 1 aliphatic heterocycles. The fourth-order valence-corrected chi connectivity index (χ4v) is 2.34. The molecular formula is C10H12IN3O. The number of amides is 2. The molecule has 0 spiro atoms. The smallest absolute Gasteiger partial charge is 0.319 e. The van der Waals surface area contributed by atoms with Gasteiger partial charge < -0.3 is 10.6 Å². The summed E-state index contributed by atoms with van der Waals surface area (Å²) in [4.78, 5) is 11.5. The van der Waals surface area contributed by atoms with Crippen molar-refractivity contribution in [3.63, 3.8) is 0 Å². The summed E-state index contributed by atoms with van der Waals surface area (Å²) >= 11 is 2.24. The van der Waals surface area contributed by atoms with Gasteiger partial charge in [-0.1, -0.05) is 18.2 Å². The third-order valence-electron chi connectivity index (χ3n) is 2.20. The van der Waals surface area contributed by atoms with Gasteiger partial charge in [0, 0.05) is 41.6 Å². The molecule has 2 rings (SSSR count). The van der Waals surface area contributed by atoms with Gasteiger partial charge in [0.05, 0.1) is 6.04 Å². The van der Waals surface area contributed by atoms with E-state index >= 15 is 0 Å². The largest absolute Gasteiger partial charge is 0.332 e. The number of halogens is 1. The van der Waals surface area contributed by atoms with Crippen molar-refractivity contribution in [3.8, 4) is 0 Å². The number of hydrogen-bond acceptors (Lipinski definition) is 2. The van der Waals surface area contributed by atoms with Gasteiger partial charge in [0.25, 0.3) is 0 Å². The van der Waals surface area contributed by atoms with Crippen molar-refractivity contribution in [1.29, 1.82) is 0 Å². The number of nitrogens with zero attached hydrogens (tertiary/aromatic N) is 1. The summed E-state index contributed by atoms with van der Waals surface area (Å²) in [6, 6.07) is 9.59. The molecule has 4 nitrogen and oxygen atoms in total. The Hall–Kier alpha value is -0.820. The molecule has 1 saturated heterocycles. The summed E-state index contributed by atoms with van der Waals surface area (Å²) in [5, 5.41) is 5.68.